The van der Waals surface area contributed by atoms with Crippen LogP contribution in [0.4, 0.5) is 0 Å². The lowest BCUT2D eigenvalue weighted by Gasteiger charge is -2.08. The summed E-state index contributed by atoms with van der Waals surface area (Å²) in [5.74, 6) is 0.637. The number of furan rings is 1. The number of aromatic nitrogens is 1. The second kappa shape index (κ2) is 6.61. The fourth-order valence-electron chi connectivity index (χ4n) is 2.80. The number of hydrogen-bond donors (Lipinski definition) is 1. The molecule has 1 amide bonds. The molecule has 0 aliphatic carbocycles. The summed E-state index contributed by atoms with van der Waals surface area (Å²) in [5, 5.41) is 4.97. The molecule has 2 heterocycles. The van der Waals surface area contributed by atoms with Gasteiger partial charge in [-0.1, -0.05) is 42.5 Å². The molecule has 0 aliphatic rings. The largest absolute Gasteiger partial charge is 0.463 e. The van der Waals surface area contributed by atoms with Crippen LogP contribution in [0.25, 0.3) is 22.2 Å². The molecular formula is C21H16N2O2. The number of amides is 1. The van der Waals surface area contributed by atoms with Gasteiger partial charge in [-0.3, -0.25) is 9.78 Å². The highest BCUT2D eigenvalue weighted by Gasteiger charge is 2.09. The van der Waals surface area contributed by atoms with E-state index < -0.39 is 0 Å². The second-order valence-corrected chi connectivity index (χ2v) is 5.74. The Hall–Kier alpha value is -3.40. The molecular weight excluding hydrogens is 312 g/mol. The summed E-state index contributed by atoms with van der Waals surface area (Å²) in [6.45, 7) is 0.424. The highest BCUT2D eigenvalue weighted by atomic mass is 16.3. The van der Waals surface area contributed by atoms with Crippen LogP contribution in [0, 0.1) is 0 Å². The predicted octanol–water partition coefficient (Wildman–Crippen LogP) is 4.42. The topological polar surface area (TPSA) is 55.1 Å². The van der Waals surface area contributed by atoms with E-state index in [0.29, 0.717) is 12.1 Å². The lowest BCUT2D eigenvalue weighted by molar-refractivity contribution is 0.0952. The van der Waals surface area contributed by atoms with Gasteiger partial charge in [-0.15, -0.1) is 0 Å². The molecule has 2 aromatic heterocycles. The highest BCUT2D eigenvalue weighted by Crippen LogP contribution is 2.19. The third kappa shape index (κ3) is 3.15. The van der Waals surface area contributed by atoms with Gasteiger partial charge in [0.1, 0.15) is 5.69 Å². The first-order valence-electron chi connectivity index (χ1n) is 8.06. The van der Waals surface area contributed by atoms with Crippen LogP contribution in [0.2, 0.25) is 0 Å². The van der Waals surface area contributed by atoms with Crippen LogP contribution < -0.4 is 5.32 Å². The first-order chi connectivity index (χ1) is 12.3. The zero-order valence-electron chi connectivity index (χ0n) is 13.5. The van der Waals surface area contributed by atoms with Gasteiger partial charge in [0.05, 0.1) is 6.26 Å². The average molecular weight is 328 g/mol. The number of fused-ring (bicyclic) bond motifs is 1. The van der Waals surface area contributed by atoms with Gasteiger partial charge in [-0.2, -0.15) is 0 Å². The number of hydrogen-bond acceptors (Lipinski definition) is 3. The van der Waals surface area contributed by atoms with Crippen LogP contribution in [-0.4, -0.2) is 10.9 Å². The molecule has 0 bridgehead atoms. The standard InChI is InChI=1S/C21H16N2O2/c24-21(18-8-3-6-16-5-1-2-7-17(16)18)23-14-15-10-11-19(22-13-15)20-9-4-12-25-20/h1-13H,14H2,(H,23,24). The summed E-state index contributed by atoms with van der Waals surface area (Å²) in [6.07, 6.45) is 3.37. The SMILES string of the molecule is O=C(NCc1ccc(-c2ccco2)nc1)c1cccc2ccccc12. The Balaban J connectivity index is 1.48. The summed E-state index contributed by atoms with van der Waals surface area (Å²) in [6, 6.07) is 21.1. The summed E-state index contributed by atoms with van der Waals surface area (Å²) in [7, 11) is 0. The van der Waals surface area contributed by atoms with Gasteiger partial charge in [0, 0.05) is 18.3 Å². The van der Waals surface area contributed by atoms with Gasteiger partial charge in [0.2, 0.25) is 0 Å². The molecule has 4 heteroatoms. The maximum atomic E-state index is 12.5. The molecule has 0 saturated heterocycles. The fourth-order valence-corrected chi connectivity index (χ4v) is 2.80. The van der Waals surface area contributed by atoms with E-state index in [-0.39, 0.29) is 5.91 Å². The van der Waals surface area contributed by atoms with Gasteiger partial charge < -0.3 is 9.73 Å². The Morgan fingerprint density at radius 2 is 1.84 bits per heavy atom. The Kier molecular flexibility index (Phi) is 4.01. The fraction of sp³-hybridized carbons (Fsp3) is 0.0476. The molecule has 4 aromatic rings. The van der Waals surface area contributed by atoms with E-state index in [1.165, 1.54) is 0 Å². The van der Waals surface area contributed by atoms with Crippen molar-refractivity contribution in [2.24, 2.45) is 0 Å². The zero-order chi connectivity index (χ0) is 17.1. The summed E-state index contributed by atoms with van der Waals surface area (Å²) < 4.78 is 5.32. The van der Waals surface area contributed by atoms with E-state index in [9.17, 15) is 4.79 Å². The number of nitrogens with zero attached hydrogens (tertiary/aromatic N) is 1. The number of pyridine rings is 1. The van der Waals surface area contributed by atoms with E-state index in [1.54, 1.807) is 12.5 Å². The lowest BCUT2D eigenvalue weighted by Crippen LogP contribution is -2.23. The number of carbonyl (C=O) groups excluding carboxylic acids is 1. The third-order valence-corrected chi connectivity index (χ3v) is 4.09. The van der Waals surface area contributed by atoms with Gasteiger partial charge in [-0.25, -0.2) is 0 Å². The van der Waals surface area contributed by atoms with Crippen molar-refractivity contribution in [2.75, 3.05) is 0 Å². The molecule has 0 spiro atoms. The lowest BCUT2D eigenvalue weighted by atomic mass is 10.0. The molecule has 0 aliphatic heterocycles. The molecule has 1 N–H and O–H groups in total. The van der Waals surface area contributed by atoms with Gasteiger partial charge in [0.15, 0.2) is 5.76 Å². The molecule has 4 rings (SSSR count). The summed E-state index contributed by atoms with van der Waals surface area (Å²) in [4.78, 5) is 16.9. The van der Waals surface area contributed by atoms with Crippen molar-refractivity contribution in [3.8, 4) is 11.5 Å². The van der Waals surface area contributed by atoms with Crippen molar-refractivity contribution in [3.05, 3.63) is 90.3 Å². The minimum atomic E-state index is -0.0908. The minimum Gasteiger partial charge on any atom is -0.463 e. The Morgan fingerprint density at radius 3 is 2.64 bits per heavy atom. The Bertz CT molecular complexity index is 1000. The van der Waals surface area contributed by atoms with E-state index in [1.807, 2.05) is 66.7 Å². The van der Waals surface area contributed by atoms with E-state index in [4.69, 9.17) is 4.42 Å². The molecule has 0 fully saturated rings. The van der Waals surface area contributed by atoms with E-state index in [0.717, 1.165) is 27.8 Å². The van der Waals surface area contributed by atoms with Crippen molar-refractivity contribution >= 4 is 16.7 Å². The van der Waals surface area contributed by atoms with E-state index in [2.05, 4.69) is 10.3 Å². The summed E-state index contributed by atoms with van der Waals surface area (Å²) in [5.41, 5.74) is 2.39. The van der Waals surface area contributed by atoms with Crippen LogP contribution >= 0.6 is 0 Å². The quantitative estimate of drug-likeness (QED) is 0.603. The highest BCUT2D eigenvalue weighted by molar-refractivity contribution is 6.06. The van der Waals surface area contributed by atoms with Crippen LogP contribution in [0.3, 0.4) is 0 Å². The number of carbonyl (C=O) groups is 1. The molecule has 4 nitrogen and oxygen atoms in total. The smallest absolute Gasteiger partial charge is 0.252 e. The molecule has 0 atom stereocenters. The van der Waals surface area contributed by atoms with Crippen molar-refractivity contribution in [2.45, 2.75) is 6.54 Å². The third-order valence-electron chi connectivity index (χ3n) is 4.09. The molecule has 25 heavy (non-hydrogen) atoms. The number of rotatable bonds is 4. The molecule has 2 aromatic carbocycles. The Labute approximate surface area is 145 Å². The van der Waals surface area contributed by atoms with Crippen molar-refractivity contribution in [3.63, 3.8) is 0 Å². The van der Waals surface area contributed by atoms with Gasteiger partial charge in [-0.05, 0) is 40.6 Å². The van der Waals surface area contributed by atoms with E-state index >= 15 is 0 Å². The normalized spacial score (nSPS) is 10.7. The monoisotopic (exact) mass is 328 g/mol. The summed E-state index contributed by atoms with van der Waals surface area (Å²) >= 11 is 0. The minimum absolute atomic E-state index is 0.0908. The van der Waals surface area contributed by atoms with Crippen LogP contribution in [0.15, 0.2) is 83.6 Å². The maximum absolute atomic E-state index is 12.5. The zero-order valence-corrected chi connectivity index (χ0v) is 13.5. The van der Waals surface area contributed by atoms with Crippen LogP contribution in [0.5, 0.6) is 0 Å². The molecule has 0 radical (unpaired) electrons. The average Bonchev–Trinajstić information content (AvgIpc) is 3.21. The molecule has 0 saturated carbocycles. The number of nitrogens with one attached hydrogen (secondary N) is 1. The van der Waals surface area contributed by atoms with Crippen LogP contribution in [0.1, 0.15) is 15.9 Å². The molecule has 0 unspecified atom stereocenters. The van der Waals surface area contributed by atoms with Crippen LogP contribution in [-0.2, 0) is 6.54 Å². The Morgan fingerprint density at radius 1 is 0.960 bits per heavy atom. The van der Waals surface area contributed by atoms with Crippen molar-refractivity contribution < 1.29 is 9.21 Å². The first-order valence-corrected chi connectivity index (χ1v) is 8.06. The molecule has 122 valence electrons. The van der Waals surface area contributed by atoms with Crippen molar-refractivity contribution in [1.29, 1.82) is 0 Å². The predicted molar refractivity (Wildman–Crippen MR) is 97.1 cm³/mol. The first kappa shape index (κ1) is 15.1. The van der Waals surface area contributed by atoms with Crippen molar-refractivity contribution in [1.82, 2.24) is 10.3 Å². The number of benzene rings is 2. The second-order valence-electron chi connectivity index (χ2n) is 5.74. The maximum Gasteiger partial charge on any atom is 0.252 e. The van der Waals surface area contributed by atoms with Gasteiger partial charge >= 0.3 is 0 Å². The van der Waals surface area contributed by atoms with Gasteiger partial charge in [0.25, 0.3) is 5.91 Å².